The number of rotatable bonds is 4. The van der Waals surface area contributed by atoms with Crippen LogP contribution in [0.15, 0.2) is 42.5 Å². The second-order valence-electron chi connectivity index (χ2n) is 7.07. The molecular weight excluding hydrogens is 338 g/mol. The molecule has 0 fully saturated rings. The van der Waals surface area contributed by atoms with E-state index in [1.165, 1.54) is 5.56 Å². The molecule has 0 aliphatic carbocycles. The van der Waals surface area contributed by atoms with Crippen molar-refractivity contribution < 1.29 is 14.3 Å². The van der Waals surface area contributed by atoms with Gasteiger partial charge >= 0.3 is 0 Å². The second kappa shape index (κ2) is 6.96. The van der Waals surface area contributed by atoms with Crippen molar-refractivity contribution in [2.24, 2.45) is 0 Å². The van der Waals surface area contributed by atoms with E-state index < -0.39 is 0 Å². The van der Waals surface area contributed by atoms with Crippen molar-refractivity contribution in [2.45, 2.75) is 26.2 Å². The largest absolute Gasteiger partial charge is 0.492 e. The molecule has 25 heavy (non-hydrogen) atoms. The third-order valence-electron chi connectivity index (χ3n) is 4.17. The topological polar surface area (TPSA) is 38.8 Å². The number of hydrogen-bond acceptors (Lipinski definition) is 3. The van der Waals surface area contributed by atoms with E-state index in [1.807, 2.05) is 12.1 Å². The zero-order chi connectivity index (χ0) is 18.0. The fourth-order valence-corrected chi connectivity index (χ4v) is 2.89. The van der Waals surface area contributed by atoms with Gasteiger partial charge in [0.1, 0.15) is 18.1 Å². The Morgan fingerprint density at radius 1 is 1.16 bits per heavy atom. The molecule has 1 aliphatic rings. The van der Waals surface area contributed by atoms with Crippen molar-refractivity contribution in [1.82, 2.24) is 0 Å². The Morgan fingerprint density at radius 2 is 1.88 bits per heavy atom. The molecule has 0 radical (unpaired) electrons. The molecule has 0 saturated heterocycles. The molecule has 0 unspecified atom stereocenters. The molecule has 0 aromatic heterocycles. The van der Waals surface area contributed by atoms with Crippen LogP contribution in [-0.2, 0) is 10.2 Å². The Bertz CT molecular complexity index is 766. The van der Waals surface area contributed by atoms with Crippen molar-refractivity contribution >= 4 is 23.2 Å². The highest BCUT2D eigenvalue weighted by Gasteiger charge is 2.25. The lowest BCUT2D eigenvalue weighted by Gasteiger charge is -2.29. The van der Waals surface area contributed by atoms with Gasteiger partial charge in [0.05, 0.1) is 12.2 Å². The maximum Gasteiger partial charge on any atom is 0.265 e. The van der Waals surface area contributed by atoms with Crippen LogP contribution >= 0.6 is 11.6 Å². The summed E-state index contributed by atoms with van der Waals surface area (Å²) in [6.45, 7) is 7.40. The Kier molecular flexibility index (Phi) is 4.91. The quantitative estimate of drug-likeness (QED) is 0.810. The van der Waals surface area contributed by atoms with E-state index in [4.69, 9.17) is 21.1 Å². The number of halogens is 1. The van der Waals surface area contributed by atoms with Crippen LogP contribution < -0.4 is 14.4 Å². The molecule has 0 saturated carbocycles. The maximum absolute atomic E-state index is 12.2. The molecule has 1 heterocycles. The molecule has 1 aliphatic heterocycles. The summed E-state index contributed by atoms with van der Waals surface area (Å²) in [5.41, 5.74) is 2.06. The molecule has 5 heteroatoms. The summed E-state index contributed by atoms with van der Waals surface area (Å²) in [4.78, 5) is 13.8. The molecule has 132 valence electrons. The number of anilines is 1. The number of benzene rings is 2. The first kappa shape index (κ1) is 17.6. The van der Waals surface area contributed by atoms with Crippen molar-refractivity contribution in [3.05, 3.63) is 53.1 Å². The molecule has 0 N–H and O–H groups in total. The van der Waals surface area contributed by atoms with Gasteiger partial charge in [-0.25, -0.2) is 0 Å². The number of ether oxygens (including phenoxy) is 2. The van der Waals surface area contributed by atoms with Gasteiger partial charge in [0, 0.05) is 5.02 Å². The summed E-state index contributed by atoms with van der Waals surface area (Å²) in [6.07, 6.45) is 0. The summed E-state index contributed by atoms with van der Waals surface area (Å²) in [6, 6.07) is 13.4. The van der Waals surface area contributed by atoms with E-state index in [0.29, 0.717) is 29.6 Å². The van der Waals surface area contributed by atoms with E-state index in [2.05, 4.69) is 32.9 Å². The van der Waals surface area contributed by atoms with E-state index in [9.17, 15) is 4.79 Å². The summed E-state index contributed by atoms with van der Waals surface area (Å²) in [5.74, 6) is 1.36. The highest BCUT2D eigenvalue weighted by atomic mass is 35.5. The number of hydrogen-bond donors (Lipinski definition) is 0. The van der Waals surface area contributed by atoms with E-state index >= 15 is 0 Å². The van der Waals surface area contributed by atoms with Crippen LogP contribution in [0.1, 0.15) is 26.3 Å². The van der Waals surface area contributed by atoms with E-state index in [0.717, 1.165) is 5.75 Å². The summed E-state index contributed by atoms with van der Waals surface area (Å²) in [5, 5.41) is 0.570. The monoisotopic (exact) mass is 359 g/mol. The molecule has 1 amide bonds. The van der Waals surface area contributed by atoms with Gasteiger partial charge < -0.3 is 14.4 Å². The lowest BCUT2D eigenvalue weighted by Crippen LogP contribution is -2.41. The number of amides is 1. The Labute approximate surface area is 153 Å². The SMILES string of the molecule is CC(C)(C)c1ccc(OCCN2C(=O)COc3ccc(Cl)cc32)cc1. The molecule has 2 aromatic carbocycles. The summed E-state index contributed by atoms with van der Waals surface area (Å²) >= 11 is 6.05. The van der Waals surface area contributed by atoms with Gasteiger partial charge in [-0.05, 0) is 41.3 Å². The summed E-state index contributed by atoms with van der Waals surface area (Å²) in [7, 11) is 0. The highest BCUT2D eigenvalue weighted by Crippen LogP contribution is 2.34. The minimum Gasteiger partial charge on any atom is -0.492 e. The maximum atomic E-state index is 12.2. The minimum absolute atomic E-state index is 0.0366. The normalized spacial score (nSPS) is 14.1. The Hall–Kier alpha value is -2.20. The van der Waals surface area contributed by atoms with Crippen molar-refractivity contribution in [3.8, 4) is 11.5 Å². The molecule has 0 atom stereocenters. The van der Waals surface area contributed by atoms with Gasteiger partial charge in [-0.3, -0.25) is 4.79 Å². The highest BCUT2D eigenvalue weighted by molar-refractivity contribution is 6.31. The minimum atomic E-state index is -0.0959. The van der Waals surface area contributed by atoms with E-state index in [-0.39, 0.29) is 17.9 Å². The number of carbonyl (C=O) groups is 1. The fraction of sp³-hybridized carbons (Fsp3) is 0.350. The Morgan fingerprint density at radius 3 is 2.56 bits per heavy atom. The zero-order valence-corrected chi connectivity index (χ0v) is 15.5. The van der Waals surface area contributed by atoms with Crippen molar-refractivity contribution in [1.29, 1.82) is 0 Å². The fourth-order valence-electron chi connectivity index (χ4n) is 2.73. The number of fused-ring (bicyclic) bond motifs is 1. The van der Waals surface area contributed by atoms with Crippen molar-refractivity contribution in [2.75, 3.05) is 24.7 Å². The number of nitrogens with zero attached hydrogens (tertiary/aromatic N) is 1. The van der Waals surface area contributed by atoms with Crippen LogP contribution in [0.5, 0.6) is 11.5 Å². The van der Waals surface area contributed by atoms with Crippen LogP contribution in [0.2, 0.25) is 5.02 Å². The van der Waals surface area contributed by atoms with Crippen LogP contribution in [0.25, 0.3) is 0 Å². The van der Waals surface area contributed by atoms with Gasteiger partial charge in [-0.2, -0.15) is 0 Å². The van der Waals surface area contributed by atoms with Crippen LogP contribution in [0.4, 0.5) is 5.69 Å². The number of carbonyl (C=O) groups excluding carboxylic acids is 1. The van der Waals surface area contributed by atoms with Crippen LogP contribution in [0.3, 0.4) is 0 Å². The van der Waals surface area contributed by atoms with Crippen LogP contribution in [-0.4, -0.2) is 25.7 Å². The first-order valence-electron chi connectivity index (χ1n) is 8.31. The van der Waals surface area contributed by atoms with Gasteiger partial charge in [0.25, 0.3) is 5.91 Å². The summed E-state index contributed by atoms with van der Waals surface area (Å²) < 4.78 is 11.2. The molecule has 2 aromatic rings. The lowest BCUT2D eigenvalue weighted by atomic mass is 9.87. The first-order chi connectivity index (χ1) is 11.8. The molecule has 4 nitrogen and oxygen atoms in total. The standard InChI is InChI=1S/C20H22ClNO3/c1-20(2,3)14-4-7-16(8-5-14)24-11-10-22-17-12-15(21)6-9-18(17)25-13-19(22)23/h4-9,12H,10-11,13H2,1-3H3. The molecule has 3 rings (SSSR count). The molecular formula is C20H22ClNO3. The van der Waals surface area contributed by atoms with Gasteiger partial charge in [-0.1, -0.05) is 44.5 Å². The van der Waals surface area contributed by atoms with E-state index in [1.54, 1.807) is 23.1 Å². The van der Waals surface area contributed by atoms with Gasteiger partial charge in [-0.15, -0.1) is 0 Å². The van der Waals surface area contributed by atoms with Gasteiger partial charge in [0.15, 0.2) is 6.61 Å². The Balaban J connectivity index is 1.64. The average Bonchev–Trinajstić information content (AvgIpc) is 2.56. The third-order valence-corrected chi connectivity index (χ3v) is 4.40. The first-order valence-corrected chi connectivity index (χ1v) is 8.68. The smallest absolute Gasteiger partial charge is 0.265 e. The average molecular weight is 360 g/mol. The van der Waals surface area contributed by atoms with Crippen molar-refractivity contribution in [3.63, 3.8) is 0 Å². The van der Waals surface area contributed by atoms with Gasteiger partial charge in [0.2, 0.25) is 0 Å². The predicted molar refractivity (Wildman–Crippen MR) is 99.9 cm³/mol. The second-order valence-corrected chi connectivity index (χ2v) is 7.51. The molecule has 0 spiro atoms. The third kappa shape index (κ3) is 4.07. The zero-order valence-electron chi connectivity index (χ0n) is 14.7. The predicted octanol–water partition coefficient (Wildman–Crippen LogP) is 4.44. The molecule has 0 bridgehead atoms. The van der Waals surface area contributed by atoms with Crippen LogP contribution in [0, 0.1) is 0 Å². The lowest BCUT2D eigenvalue weighted by molar-refractivity contribution is -0.121.